The van der Waals surface area contributed by atoms with E-state index in [0.29, 0.717) is 10.7 Å². The quantitative estimate of drug-likeness (QED) is 0.658. The summed E-state index contributed by atoms with van der Waals surface area (Å²) in [6.07, 6.45) is 1.69. The molecule has 146 valence electrons. The van der Waals surface area contributed by atoms with E-state index in [0.717, 1.165) is 16.8 Å². The van der Waals surface area contributed by atoms with Gasteiger partial charge in [0.05, 0.1) is 17.5 Å². The number of aromatic nitrogens is 3. The van der Waals surface area contributed by atoms with Gasteiger partial charge in [-0.1, -0.05) is 30.3 Å². The highest BCUT2D eigenvalue weighted by Gasteiger charge is 2.28. The van der Waals surface area contributed by atoms with Crippen molar-refractivity contribution in [3.8, 4) is 21.8 Å². The number of aromatic amines is 1. The van der Waals surface area contributed by atoms with Crippen molar-refractivity contribution in [2.24, 2.45) is 5.14 Å². The van der Waals surface area contributed by atoms with Crippen molar-refractivity contribution in [2.75, 3.05) is 26.2 Å². The monoisotopic (exact) mass is 418 g/mol. The molecule has 0 bridgehead atoms. The minimum Gasteiger partial charge on any atom is -0.335 e. The van der Waals surface area contributed by atoms with E-state index in [4.69, 9.17) is 5.14 Å². The molecule has 4 rings (SSSR count). The molecule has 0 spiro atoms. The number of piperazine rings is 1. The zero-order chi connectivity index (χ0) is 19.7. The lowest BCUT2D eigenvalue weighted by molar-refractivity contribution is 0.0693. The van der Waals surface area contributed by atoms with Gasteiger partial charge >= 0.3 is 0 Å². The van der Waals surface area contributed by atoms with Gasteiger partial charge in [-0.2, -0.15) is 17.8 Å². The molecule has 9 nitrogen and oxygen atoms in total. The largest absolute Gasteiger partial charge is 0.335 e. The van der Waals surface area contributed by atoms with Crippen molar-refractivity contribution in [3.05, 3.63) is 47.6 Å². The van der Waals surface area contributed by atoms with Gasteiger partial charge in [-0.05, 0) is 0 Å². The molecule has 1 aliphatic rings. The molecule has 1 saturated heterocycles. The van der Waals surface area contributed by atoms with Crippen molar-refractivity contribution in [1.82, 2.24) is 24.4 Å². The highest BCUT2D eigenvalue weighted by molar-refractivity contribution is 7.86. The van der Waals surface area contributed by atoms with Gasteiger partial charge in [0, 0.05) is 37.1 Å². The predicted molar refractivity (Wildman–Crippen MR) is 106 cm³/mol. The van der Waals surface area contributed by atoms with Gasteiger partial charge in [0.1, 0.15) is 10.7 Å². The van der Waals surface area contributed by atoms with Crippen LogP contribution in [0.2, 0.25) is 0 Å². The van der Waals surface area contributed by atoms with E-state index >= 15 is 0 Å². The Balaban J connectivity index is 1.52. The highest BCUT2D eigenvalue weighted by atomic mass is 32.2. The van der Waals surface area contributed by atoms with Crippen LogP contribution in [-0.2, 0) is 10.2 Å². The highest BCUT2D eigenvalue weighted by Crippen LogP contribution is 2.32. The molecule has 28 heavy (non-hydrogen) atoms. The lowest BCUT2D eigenvalue weighted by Crippen LogP contribution is -2.52. The van der Waals surface area contributed by atoms with Crippen molar-refractivity contribution < 1.29 is 13.2 Å². The summed E-state index contributed by atoms with van der Waals surface area (Å²) in [5, 5.41) is 14.7. The third-order valence-electron chi connectivity index (χ3n) is 4.54. The molecule has 11 heteroatoms. The maximum Gasteiger partial charge on any atom is 0.277 e. The van der Waals surface area contributed by atoms with Crippen molar-refractivity contribution in [2.45, 2.75) is 0 Å². The maximum absolute atomic E-state index is 12.7. The fourth-order valence-corrected chi connectivity index (χ4v) is 4.56. The average Bonchev–Trinajstić information content (AvgIpc) is 3.37. The Morgan fingerprint density at radius 1 is 1.14 bits per heavy atom. The number of benzene rings is 1. The smallest absolute Gasteiger partial charge is 0.277 e. The Bertz CT molecular complexity index is 1090. The zero-order valence-electron chi connectivity index (χ0n) is 14.8. The van der Waals surface area contributed by atoms with Crippen molar-refractivity contribution in [3.63, 3.8) is 0 Å². The molecule has 1 aromatic carbocycles. The summed E-state index contributed by atoms with van der Waals surface area (Å²) >= 11 is 1.37. The third kappa shape index (κ3) is 3.69. The molecule has 0 saturated carbocycles. The summed E-state index contributed by atoms with van der Waals surface area (Å²) in [7, 11) is -3.72. The van der Waals surface area contributed by atoms with E-state index in [9.17, 15) is 13.2 Å². The molecule has 1 aliphatic heterocycles. The van der Waals surface area contributed by atoms with Crippen LogP contribution < -0.4 is 5.14 Å². The van der Waals surface area contributed by atoms with Crippen LogP contribution in [0.3, 0.4) is 0 Å². The first-order chi connectivity index (χ1) is 13.4. The van der Waals surface area contributed by atoms with E-state index in [2.05, 4.69) is 15.2 Å². The summed E-state index contributed by atoms with van der Waals surface area (Å²) < 4.78 is 24.0. The van der Waals surface area contributed by atoms with Crippen LogP contribution in [0.4, 0.5) is 0 Å². The molecule has 2 aromatic heterocycles. The van der Waals surface area contributed by atoms with Crippen LogP contribution in [0.25, 0.3) is 21.8 Å². The fraction of sp³-hybridized carbons (Fsp3) is 0.235. The number of hydrogen-bond acceptors (Lipinski definition) is 6. The topological polar surface area (TPSA) is 125 Å². The number of thiazole rings is 1. The van der Waals surface area contributed by atoms with Gasteiger partial charge in [0.15, 0.2) is 0 Å². The first-order valence-electron chi connectivity index (χ1n) is 8.55. The first kappa shape index (κ1) is 18.7. The summed E-state index contributed by atoms with van der Waals surface area (Å²) in [5.74, 6) is -0.221. The number of hydrogen-bond donors (Lipinski definition) is 2. The standard InChI is InChI=1S/C17H18N6O3S2/c18-28(25,26)23-8-6-22(7-9-23)17(24)14-11-27-16(20-14)13-10-19-21-15(13)12-4-2-1-3-5-12/h1-5,10-11H,6-9H2,(H,19,21)(H2,18,25,26). The minimum atomic E-state index is -3.72. The first-order valence-corrected chi connectivity index (χ1v) is 10.9. The van der Waals surface area contributed by atoms with Crippen LogP contribution in [0, 0.1) is 0 Å². The molecular formula is C17H18N6O3S2. The molecule has 0 radical (unpaired) electrons. The lowest BCUT2D eigenvalue weighted by Gasteiger charge is -2.32. The minimum absolute atomic E-state index is 0.182. The fourth-order valence-electron chi connectivity index (χ4n) is 3.08. The second-order valence-electron chi connectivity index (χ2n) is 6.30. The maximum atomic E-state index is 12.7. The molecule has 0 unspecified atom stereocenters. The molecule has 3 aromatic rings. The van der Waals surface area contributed by atoms with Gasteiger partial charge in [-0.15, -0.1) is 11.3 Å². The van der Waals surface area contributed by atoms with Crippen LogP contribution in [0.1, 0.15) is 10.5 Å². The van der Waals surface area contributed by atoms with E-state index < -0.39 is 10.2 Å². The SMILES string of the molecule is NS(=O)(=O)N1CCN(C(=O)c2csc(-c3cn[nH]c3-c3ccccc3)n2)CC1. The number of amides is 1. The summed E-state index contributed by atoms with van der Waals surface area (Å²) in [5.41, 5.74) is 2.99. The second kappa shape index (κ2) is 7.43. The predicted octanol–water partition coefficient (Wildman–Crippen LogP) is 1.16. The van der Waals surface area contributed by atoms with Gasteiger partial charge in [0.2, 0.25) is 0 Å². The number of nitrogens with two attached hydrogens (primary N) is 1. The average molecular weight is 419 g/mol. The Kier molecular flexibility index (Phi) is 4.98. The molecule has 0 aliphatic carbocycles. The number of nitrogens with one attached hydrogen (secondary N) is 1. The number of H-pyrrole nitrogens is 1. The lowest BCUT2D eigenvalue weighted by atomic mass is 10.1. The number of rotatable bonds is 4. The van der Waals surface area contributed by atoms with Crippen LogP contribution >= 0.6 is 11.3 Å². The van der Waals surface area contributed by atoms with E-state index in [1.54, 1.807) is 16.5 Å². The van der Waals surface area contributed by atoms with E-state index in [-0.39, 0.29) is 32.1 Å². The van der Waals surface area contributed by atoms with Gasteiger partial charge in [0.25, 0.3) is 16.1 Å². The third-order valence-corrected chi connectivity index (χ3v) is 6.50. The van der Waals surface area contributed by atoms with Crippen LogP contribution in [-0.4, -0.2) is 64.9 Å². The van der Waals surface area contributed by atoms with Crippen molar-refractivity contribution in [1.29, 1.82) is 0 Å². The van der Waals surface area contributed by atoms with Gasteiger partial charge in [-0.25, -0.2) is 10.1 Å². The number of nitrogens with zero attached hydrogens (tertiary/aromatic N) is 4. The van der Waals surface area contributed by atoms with Crippen LogP contribution in [0.5, 0.6) is 0 Å². The summed E-state index contributed by atoms with van der Waals surface area (Å²) in [6.45, 7) is 0.926. The molecule has 0 atom stereocenters. The van der Waals surface area contributed by atoms with Crippen molar-refractivity contribution >= 4 is 27.5 Å². The Hall–Kier alpha value is -2.60. The molecular weight excluding hydrogens is 400 g/mol. The molecule has 1 amide bonds. The normalized spacial score (nSPS) is 15.7. The molecule has 1 fully saturated rings. The second-order valence-corrected chi connectivity index (χ2v) is 8.70. The zero-order valence-corrected chi connectivity index (χ0v) is 16.4. The number of carbonyl (C=O) groups excluding carboxylic acids is 1. The number of carbonyl (C=O) groups is 1. The Morgan fingerprint density at radius 2 is 1.86 bits per heavy atom. The molecule has 3 N–H and O–H groups in total. The van der Waals surface area contributed by atoms with E-state index in [1.165, 1.54) is 15.6 Å². The Labute approximate surface area is 166 Å². The van der Waals surface area contributed by atoms with Crippen LogP contribution in [0.15, 0.2) is 41.9 Å². The van der Waals surface area contributed by atoms with Gasteiger partial charge in [-0.3, -0.25) is 9.89 Å². The Morgan fingerprint density at radius 3 is 2.54 bits per heavy atom. The van der Waals surface area contributed by atoms with E-state index in [1.807, 2.05) is 30.3 Å². The van der Waals surface area contributed by atoms with Gasteiger partial charge < -0.3 is 4.90 Å². The summed E-state index contributed by atoms with van der Waals surface area (Å²) in [4.78, 5) is 18.8. The molecule has 3 heterocycles. The summed E-state index contributed by atoms with van der Waals surface area (Å²) in [6, 6.07) is 9.77.